The van der Waals surface area contributed by atoms with Crippen LogP contribution in [0.4, 0.5) is 4.79 Å². The topological polar surface area (TPSA) is 61.4 Å². The molecule has 5 nitrogen and oxygen atoms in total. The Morgan fingerprint density at radius 3 is 2.53 bits per heavy atom. The van der Waals surface area contributed by atoms with Gasteiger partial charge in [0.25, 0.3) is 0 Å². The summed E-state index contributed by atoms with van der Waals surface area (Å²) in [4.78, 5) is 23.6. The molecule has 0 aromatic heterocycles. The van der Waals surface area contributed by atoms with Gasteiger partial charge in [0.2, 0.25) is 5.91 Å². The minimum atomic E-state index is -0.280. The number of hydrogen-bond acceptors (Lipinski definition) is 3. The molecule has 86 valence electrons. The average Bonchev–Trinajstić information content (AvgIpc) is 2.40. The van der Waals surface area contributed by atoms with Crippen LogP contribution in [-0.2, 0) is 4.79 Å². The standard InChI is InChI=1S/C10H19N3O2/c1-10(2,3)7-11-4-5-13-8(14)6-12-9(13)15/h11H,4-7H2,1-3H3,(H,12,15). The summed E-state index contributed by atoms with van der Waals surface area (Å²) in [6.45, 7) is 8.50. The Morgan fingerprint density at radius 2 is 2.07 bits per heavy atom. The lowest BCUT2D eigenvalue weighted by molar-refractivity contribution is -0.124. The highest BCUT2D eigenvalue weighted by Gasteiger charge is 2.27. The fraction of sp³-hybridized carbons (Fsp3) is 0.800. The van der Waals surface area contributed by atoms with Crippen molar-refractivity contribution >= 4 is 11.9 Å². The number of carbonyl (C=O) groups is 2. The summed E-state index contributed by atoms with van der Waals surface area (Å²) in [6.07, 6.45) is 0. The van der Waals surface area contributed by atoms with Gasteiger partial charge in [-0.1, -0.05) is 20.8 Å². The van der Waals surface area contributed by atoms with Gasteiger partial charge >= 0.3 is 6.03 Å². The van der Waals surface area contributed by atoms with Crippen LogP contribution in [0.2, 0.25) is 0 Å². The number of nitrogens with one attached hydrogen (secondary N) is 2. The molecule has 1 aliphatic heterocycles. The first kappa shape index (κ1) is 12.0. The van der Waals surface area contributed by atoms with E-state index in [4.69, 9.17) is 0 Å². The van der Waals surface area contributed by atoms with Crippen LogP contribution in [-0.4, -0.2) is 43.0 Å². The summed E-state index contributed by atoms with van der Waals surface area (Å²) >= 11 is 0. The van der Waals surface area contributed by atoms with Crippen LogP contribution >= 0.6 is 0 Å². The molecule has 0 bridgehead atoms. The molecule has 1 fully saturated rings. The van der Waals surface area contributed by atoms with Crippen LogP contribution < -0.4 is 10.6 Å². The highest BCUT2D eigenvalue weighted by molar-refractivity contribution is 6.01. The number of carbonyl (C=O) groups excluding carboxylic acids is 2. The molecule has 1 heterocycles. The molecule has 1 aliphatic rings. The van der Waals surface area contributed by atoms with Gasteiger partial charge in [-0.25, -0.2) is 4.79 Å². The number of amides is 3. The molecule has 2 N–H and O–H groups in total. The van der Waals surface area contributed by atoms with E-state index < -0.39 is 0 Å². The third-order valence-corrected chi connectivity index (χ3v) is 2.10. The third-order valence-electron chi connectivity index (χ3n) is 2.10. The van der Waals surface area contributed by atoms with Crippen molar-refractivity contribution < 1.29 is 9.59 Å². The zero-order valence-electron chi connectivity index (χ0n) is 9.59. The van der Waals surface area contributed by atoms with E-state index in [0.29, 0.717) is 13.1 Å². The molecule has 0 spiro atoms. The SMILES string of the molecule is CC(C)(C)CNCCN1C(=O)CNC1=O. The number of nitrogens with zero attached hydrogens (tertiary/aromatic N) is 1. The molecule has 0 aliphatic carbocycles. The molecular weight excluding hydrogens is 194 g/mol. The minimum Gasteiger partial charge on any atom is -0.329 e. The molecule has 1 rings (SSSR count). The van der Waals surface area contributed by atoms with E-state index in [1.165, 1.54) is 4.90 Å². The molecule has 5 heteroatoms. The highest BCUT2D eigenvalue weighted by Crippen LogP contribution is 2.09. The lowest BCUT2D eigenvalue weighted by Crippen LogP contribution is -2.38. The Balaban J connectivity index is 2.20. The van der Waals surface area contributed by atoms with Crippen molar-refractivity contribution in [1.82, 2.24) is 15.5 Å². The Morgan fingerprint density at radius 1 is 1.40 bits per heavy atom. The molecule has 0 aromatic rings. The van der Waals surface area contributed by atoms with Crippen molar-refractivity contribution in [2.75, 3.05) is 26.2 Å². The van der Waals surface area contributed by atoms with Crippen LogP contribution in [0, 0.1) is 5.41 Å². The zero-order chi connectivity index (χ0) is 11.5. The maximum atomic E-state index is 11.2. The monoisotopic (exact) mass is 213 g/mol. The lowest BCUT2D eigenvalue weighted by atomic mass is 9.97. The first-order valence-electron chi connectivity index (χ1n) is 5.19. The van der Waals surface area contributed by atoms with E-state index in [1.807, 2.05) is 0 Å². The van der Waals surface area contributed by atoms with Crippen molar-refractivity contribution in [2.24, 2.45) is 5.41 Å². The number of hydrogen-bond donors (Lipinski definition) is 2. The van der Waals surface area contributed by atoms with Gasteiger partial charge in [0.1, 0.15) is 0 Å². The molecule has 0 saturated carbocycles. The third kappa shape index (κ3) is 3.87. The highest BCUT2D eigenvalue weighted by atomic mass is 16.2. The predicted molar refractivity (Wildman–Crippen MR) is 57.4 cm³/mol. The lowest BCUT2D eigenvalue weighted by Gasteiger charge is -2.20. The molecular formula is C10H19N3O2. The quantitative estimate of drug-likeness (QED) is 0.517. The Bertz CT molecular complexity index is 242. The number of urea groups is 1. The summed E-state index contributed by atoms with van der Waals surface area (Å²) in [5, 5.41) is 5.71. The normalized spacial score (nSPS) is 17.1. The second kappa shape index (κ2) is 4.61. The van der Waals surface area contributed by atoms with Gasteiger partial charge < -0.3 is 10.6 Å². The molecule has 15 heavy (non-hydrogen) atoms. The first-order valence-corrected chi connectivity index (χ1v) is 5.19. The molecule has 3 amide bonds. The molecule has 0 radical (unpaired) electrons. The van der Waals surface area contributed by atoms with Gasteiger partial charge in [0.15, 0.2) is 0 Å². The van der Waals surface area contributed by atoms with Gasteiger partial charge in [-0.15, -0.1) is 0 Å². The van der Waals surface area contributed by atoms with Crippen molar-refractivity contribution in [3.8, 4) is 0 Å². The van der Waals surface area contributed by atoms with E-state index in [1.54, 1.807) is 0 Å². The van der Waals surface area contributed by atoms with Crippen molar-refractivity contribution in [1.29, 1.82) is 0 Å². The summed E-state index contributed by atoms with van der Waals surface area (Å²) in [5.41, 5.74) is 0.220. The van der Waals surface area contributed by atoms with Crippen molar-refractivity contribution in [3.05, 3.63) is 0 Å². The van der Waals surface area contributed by atoms with E-state index in [9.17, 15) is 9.59 Å². The fourth-order valence-electron chi connectivity index (χ4n) is 1.34. The van der Waals surface area contributed by atoms with Gasteiger partial charge in [-0.2, -0.15) is 0 Å². The van der Waals surface area contributed by atoms with E-state index >= 15 is 0 Å². The van der Waals surface area contributed by atoms with Crippen LogP contribution in [0.25, 0.3) is 0 Å². The second-order valence-electron chi connectivity index (χ2n) is 4.94. The van der Waals surface area contributed by atoms with E-state index in [2.05, 4.69) is 31.4 Å². The maximum Gasteiger partial charge on any atom is 0.324 e. The fourth-order valence-corrected chi connectivity index (χ4v) is 1.34. The van der Waals surface area contributed by atoms with Crippen LogP contribution in [0.15, 0.2) is 0 Å². The Labute approximate surface area is 90.2 Å². The number of rotatable bonds is 4. The smallest absolute Gasteiger partial charge is 0.324 e. The van der Waals surface area contributed by atoms with Crippen molar-refractivity contribution in [3.63, 3.8) is 0 Å². The van der Waals surface area contributed by atoms with Crippen LogP contribution in [0.3, 0.4) is 0 Å². The molecule has 0 atom stereocenters. The van der Waals surface area contributed by atoms with Crippen LogP contribution in [0.5, 0.6) is 0 Å². The second-order valence-corrected chi connectivity index (χ2v) is 4.94. The number of imide groups is 1. The van der Waals surface area contributed by atoms with Crippen LogP contribution in [0.1, 0.15) is 20.8 Å². The van der Waals surface area contributed by atoms with Gasteiger partial charge in [-0.3, -0.25) is 9.69 Å². The van der Waals surface area contributed by atoms with Gasteiger partial charge in [-0.05, 0) is 5.41 Å². The Hall–Kier alpha value is -1.10. The van der Waals surface area contributed by atoms with E-state index in [-0.39, 0.29) is 23.9 Å². The van der Waals surface area contributed by atoms with Gasteiger partial charge in [0.05, 0.1) is 6.54 Å². The molecule has 0 unspecified atom stereocenters. The zero-order valence-corrected chi connectivity index (χ0v) is 9.59. The Kier molecular flexibility index (Phi) is 3.68. The van der Waals surface area contributed by atoms with Gasteiger partial charge in [0, 0.05) is 19.6 Å². The minimum absolute atomic E-state index is 0.137. The summed E-state index contributed by atoms with van der Waals surface area (Å²) in [7, 11) is 0. The summed E-state index contributed by atoms with van der Waals surface area (Å²) < 4.78 is 0. The molecule has 1 saturated heterocycles. The average molecular weight is 213 g/mol. The van der Waals surface area contributed by atoms with Crippen molar-refractivity contribution in [2.45, 2.75) is 20.8 Å². The van der Waals surface area contributed by atoms with E-state index in [0.717, 1.165) is 6.54 Å². The maximum absolute atomic E-state index is 11.2. The summed E-state index contributed by atoms with van der Waals surface area (Å²) in [5.74, 6) is -0.141. The first-order chi connectivity index (χ1) is 6.90. The molecule has 0 aromatic carbocycles. The summed E-state index contributed by atoms with van der Waals surface area (Å²) in [6, 6.07) is -0.280. The largest absolute Gasteiger partial charge is 0.329 e. The predicted octanol–water partition coefficient (Wildman–Crippen LogP) is 0.174.